The zero-order valence-corrected chi connectivity index (χ0v) is 12.5. The van der Waals surface area contributed by atoms with Crippen LogP contribution in [0.1, 0.15) is 38.2 Å². The predicted octanol–water partition coefficient (Wildman–Crippen LogP) is 2.04. The highest BCUT2D eigenvalue weighted by atomic mass is 16.5. The molecule has 1 heterocycles. The predicted molar refractivity (Wildman–Crippen MR) is 81.1 cm³/mol. The molecule has 1 saturated heterocycles. The van der Waals surface area contributed by atoms with E-state index >= 15 is 0 Å². The van der Waals surface area contributed by atoms with Crippen LogP contribution in [0.15, 0.2) is 24.3 Å². The number of hydrogen-bond donors (Lipinski definition) is 2. The standard InChI is InChI=1S/C16H22N2O3/c1-11(2)13-7-3-4-8-14(13)18-16(20)15(19)17-10-12-6-5-9-21-12/h3-4,7-8,11-12H,5-6,9-10H2,1-2H3,(H,17,19)(H,18,20)/t12-/m1/s1. The summed E-state index contributed by atoms with van der Waals surface area (Å²) in [7, 11) is 0. The molecule has 0 spiro atoms. The first-order chi connectivity index (χ1) is 10.1. The molecule has 5 heteroatoms. The van der Waals surface area contributed by atoms with Gasteiger partial charge in [-0.05, 0) is 30.4 Å². The number of rotatable bonds is 4. The van der Waals surface area contributed by atoms with Crippen molar-refractivity contribution in [2.45, 2.75) is 38.7 Å². The molecule has 5 nitrogen and oxygen atoms in total. The van der Waals surface area contributed by atoms with Gasteiger partial charge in [-0.3, -0.25) is 9.59 Å². The van der Waals surface area contributed by atoms with E-state index < -0.39 is 11.8 Å². The second-order valence-corrected chi connectivity index (χ2v) is 5.54. The number of para-hydroxylation sites is 1. The number of anilines is 1. The molecule has 1 fully saturated rings. The summed E-state index contributed by atoms with van der Waals surface area (Å²) >= 11 is 0. The van der Waals surface area contributed by atoms with E-state index in [1.165, 1.54) is 0 Å². The van der Waals surface area contributed by atoms with E-state index in [1.54, 1.807) is 6.07 Å². The Balaban J connectivity index is 1.89. The van der Waals surface area contributed by atoms with Crippen LogP contribution in [0.25, 0.3) is 0 Å². The van der Waals surface area contributed by atoms with Gasteiger partial charge in [-0.25, -0.2) is 0 Å². The van der Waals surface area contributed by atoms with Crippen molar-refractivity contribution in [3.05, 3.63) is 29.8 Å². The van der Waals surface area contributed by atoms with Gasteiger partial charge >= 0.3 is 11.8 Å². The van der Waals surface area contributed by atoms with Gasteiger partial charge in [0, 0.05) is 18.8 Å². The van der Waals surface area contributed by atoms with Crippen molar-refractivity contribution >= 4 is 17.5 Å². The fourth-order valence-electron chi connectivity index (χ4n) is 2.39. The van der Waals surface area contributed by atoms with Crippen LogP contribution in [-0.2, 0) is 14.3 Å². The lowest BCUT2D eigenvalue weighted by atomic mass is 10.0. The van der Waals surface area contributed by atoms with Crippen LogP contribution in [0.2, 0.25) is 0 Å². The minimum absolute atomic E-state index is 0.0321. The van der Waals surface area contributed by atoms with E-state index in [9.17, 15) is 9.59 Å². The van der Waals surface area contributed by atoms with Gasteiger partial charge in [-0.1, -0.05) is 32.0 Å². The molecule has 114 valence electrons. The number of carbonyl (C=O) groups is 2. The van der Waals surface area contributed by atoms with Crippen LogP contribution in [0.3, 0.4) is 0 Å². The largest absolute Gasteiger partial charge is 0.376 e. The third-order valence-electron chi connectivity index (χ3n) is 3.55. The Morgan fingerprint density at radius 3 is 2.71 bits per heavy atom. The summed E-state index contributed by atoms with van der Waals surface area (Å²) in [6.45, 7) is 5.21. The summed E-state index contributed by atoms with van der Waals surface area (Å²) in [6.07, 6.45) is 1.97. The normalized spacial score (nSPS) is 17.8. The highest BCUT2D eigenvalue weighted by Gasteiger charge is 2.20. The van der Waals surface area contributed by atoms with Crippen molar-refractivity contribution in [2.75, 3.05) is 18.5 Å². The zero-order valence-electron chi connectivity index (χ0n) is 12.5. The van der Waals surface area contributed by atoms with Crippen molar-refractivity contribution in [3.63, 3.8) is 0 Å². The highest BCUT2D eigenvalue weighted by molar-refractivity contribution is 6.39. The van der Waals surface area contributed by atoms with Gasteiger partial charge in [0.25, 0.3) is 0 Å². The van der Waals surface area contributed by atoms with E-state index in [0.29, 0.717) is 12.2 Å². The van der Waals surface area contributed by atoms with Gasteiger partial charge in [-0.2, -0.15) is 0 Å². The first-order valence-electron chi connectivity index (χ1n) is 7.37. The quantitative estimate of drug-likeness (QED) is 0.834. The van der Waals surface area contributed by atoms with Crippen LogP contribution >= 0.6 is 0 Å². The number of hydrogen-bond acceptors (Lipinski definition) is 3. The summed E-state index contributed by atoms with van der Waals surface area (Å²) < 4.78 is 5.41. The van der Waals surface area contributed by atoms with E-state index in [0.717, 1.165) is 25.0 Å². The SMILES string of the molecule is CC(C)c1ccccc1NC(=O)C(=O)NC[C@H]1CCCO1. The maximum Gasteiger partial charge on any atom is 0.313 e. The van der Waals surface area contributed by atoms with Gasteiger partial charge < -0.3 is 15.4 Å². The molecular weight excluding hydrogens is 268 g/mol. The topological polar surface area (TPSA) is 67.4 Å². The maximum atomic E-state index is 11.9. The number of ether oxygens (including phenoxy) is 1. The maximum absolute atomic E-state index is 11.9. The molecule has 1 atom stereocenters. The van der Waals surface area contributed by atoms with E-state index in [1.807, 2.05) is 32.0 Å². The summed E-state index contributed by atoms with van der Waals surface area (Å²) in [6, 6.07) is 7.51. The van der Waals surface area contributed by atoms with Crippen molar-refractivity contribution in [3.8, 4) is 0 Å². The van der Waals surface area contributed by atoms with Crippen molar-refractivity contribution in [1.29, 1.82) is 0 Å². The zero-order chi connectivity index (χ0) is 15.2. The van der Waals surface area contributed by atoms with Crippen molar-refractivity contribution < 1.29 is 14.3 Å². The monoisotopic (exact) mass is 290 g/mol. The Morgan fingerprint density at radius 1 is 1.29 bits per heavy atom. The first kappa shape index (κ1) is 15.5. The van der Waals surface area contributed by atoms with Gasteiger partial charge in [0.15, 0.2) is 0 Å². The molecule has 0 unspecified atom stereocenters. The number of amides is 2. The Morgan fingerprint density at radius 2 is 2.05 bits per heavy atom. The van der Waals surface area contributed by atoms with Crippen LogP contribution < -0.4 is 10.6 Å². The summed E-state index contributed by atoms with van der Waals surface area (Å²) in [5.41, 5.74) is 1.70. The molecule has 0 aliphatic carbocycles. The molecule has 1 aromatic rings. The summed E-state index contributed by atoms with van der Waals surface area (Å²) in [4.78, 5) is 23.7. The fraction of sp³-hybridized carbons (Fsp3) is 0.500. The third kappa shape index (κ3) is 4.29. The molecule has 1 aromatic carbocycles. The fourth-order valence-corrected chi connectivity index (χ4v) is 2.39. The first-order valence-corrected chi connectivity index (χ1v) is 7.37. The summed E-state index contributed by atoms with van der Waals surface area (Å²) in [5, 5.41) is 5.29. The average Bonchev–Trinajstić information content (AvgIpc) is 2.98. The molecule has 0 saturated carbocycles. The van der Waals surface area contributed by atoms with Crippen molar-refractivity contribution in [2.24, 2.45) is 0 Å². The average molecular weight is 290 g/mol. The Labute approximate surface area is 125 Å². The minimum Gasteiger partial charge on any atom is -0.376 e. The van der Waals surface area contributed by atoms with Crippen LogP contribution in [0, 0.1) is 0 Å². The Hall–Kier alpha value is -1.88. The highest BCUT2D eigenvalue weighted by Crippen LogP contribution is 2.23. The van der Waals surface area contributed by atoms with Crippen LogP contribution in [-0.4, -0.2) is 31.1 Å². The molecule has 0 aromatic heterocycles. The molecule has 2 amide bonds. The summed E-state index contributed by atoms with van der Waals surface area (Å²) in [5.74, 6) is -0.985. The Bertz CT molecular complexity index is 508. The second-order valence-electron chi connectivity index (χ2n) is 5.54. The number of benzene rings is 1. The van der Waals surface area contributed by atoms with Gasteiger partial charge in [-0.15, -0.1) is 0 Å². The van der Waals surface area contributed by atoms with Crippen LogP contribution in [0.4, 0.5) is 5.69 Å². The lowest BCUT2D eigenvalue weighted by molar-refractivity contribution is -0.136. The lowest BCUT2D eigenvalue weighted by Gasteiger charge is -2.14. The lowest BCUT2D eigenvalue weighted by Crippen LogP contribution is -2.39. The van der Waals surface area contributed by atoms with Gasteiger partial charge in [0.05, 0.1) is 6.10 Å². The molecule has 21 heavy (non-hydrogen) atoms. The van der Waals surface area contributed by atoms with Gasteiger partial charge in [0.2, 0.25) is 0 Å². The molecule has 2 N–H and O–H groups in total. The van der Waals surface area contributed by atoms with E-state index in [2.05, 4.69) is 10.6 Å². The molecule has 1 aliphatic heterocycles. The van der Waals surface area contributed by atoms with Crippen LogP contribution in [0.5, 0.6) is 0 Å². The minimum atomic E-state index is -0.638. The molecule has 0 radical (unpaired) electrons. The number of carbonyl (C=O) groups excluding carboxylic acids is 2. The second kappa shape index (κ2) is 7.22. The molecule has 2 rings (SSSR count). The molecular formula is C16H22N2O3. The number of nitrogens with one attached hydrogen (secondary N) is 2. The molecule has 0 bridgehead atoms. The van der Waals surface area contributed by atoms with Gasteiger partial charge in [0.1, 0.15) is 0 Å². The van der Waals surface area contributed by atoms with Crippen molar-refractivity contribution in [1.82, 2.24) is 5.32 Å². The Kier molecular flexibility index (Phi) is 5.33. The third-order valence-corrected chi connectivity index (χ3v) is 3.55. The smallest absolute Gasteiger partial charge is 0.313 e. The molecule has 1 aliphatic rings. The van der Waals surface area contributed by atoms with E-state index in [-0.39, 0.29) is 12.0 Å². The van der Waals surface area contributed by atoms with E-state index in [4.69, 9.17) is 4.74 Å².